The van der Waals surface area contributed by atoms with Crippen LogP contribution in [0.25, 0.3) is 5.69 Å². The van der Waals surface area contributed by atoms with Crippen LogP contribution in [0.15, 0.2) is 65.7 Å². The van der Waals surface area contributed by atoms with Crippen molar-refractivity contribution in [2.75, 3.05) is 32.3 Å². The van der Waals surface area contributed by atoms with E-state index in [9.17, 15) is 9.59 Å². The highest BCUT2D eigenvalue weighted by Gasteiger charge is 2.23. The van der Waals surface area contributed by atoms with Gasteiger partial charge < -0.3 is 15.0 Å². The van der Waals surface area contributed by atoms with E-state index in [1.54, 1.807) is 29.7 Å². The van der Waals surface area contributed by atoms with E-state index < -0.39 is 5.91 Å². The average Bonchev–Trinajstić information content (AvgIpc) is 3.18. The first-order valence-corrected chi connectivity index (χ1v) is 10.1. The quantitative estimate of drug-likeness (QED) is 0.605. The first-order chi connectivity index (χ1) is 14.0. The number of aromatic nitrogens is 2. The summed E-state index contributed by atoms with van der Waals surface area (Å²) in [5.41, 5.74) is 1.67. The Morgan fingerprint density at radius 2 is 1.83 bits per heavy atom. The molecule has 1 aromatic heterocycles. The Kier molecular flexibility index (Phi) is 6.56. The van der Waals surface area contributed by atoms with Crippen LogP contribution in [0, 0.1) is 0 Å². The van der Waals surface area contributed by atoms with Crippen LogP contribution in [-0.2, 0) is 4.79 Å². The second-order valence-corrected chi connectivity index (χ2v) is 7.08. The van der Waals surface area contributed by atoms with Gasteiger partial charge in [0, 0.05) is 11.9 Å². The largest absolute Gasteiger partial charge is 0.493 e. The van der Waals surface area contributed by atoms with E-state index in [1.807, 2.05) is 60.9 Å². The van der Waals surface area contributed by atoms with Crippen molar-refractivity contribution in [2.24, 2.45) is 0 Å². The molecule has 0 bridgehead atoms. The highest BCUT2D eigenvalue weighted by Crippen LogP contribution is 2.25. The number of amides is 2. The highest BCUT2D eigenvalue weighted by molar-refractivity contribution is 7.98. The van der Waals surface area contributed by atoms with Crippen molar-refractivity contribution in [3.05, 3.63) is 66.5 Å². The number of ether oxygens (including phenoxy) is 1. The molecule has 7 nitrogen and oxygen atoms in total. The number of hydrogen-bond donors (Lipinski definition) is 1. The van der Waals surface area contributed by atoms with Gasteiger partial charge in [0.15, 0.2) is 11.4 Å². The van der Waals surface area contributed by atoms with Gasteiger partial charge in [-0.3, -0.25) is 9.59 Å². The van der Waals surface area contributed by atoms with Gasteiger partial charge in [-0.2, -0.15) is 5.10 Å². The number of anilines is 1. The molecule has 0 radical (unpaired) electrons. The van der Waals surface area contributed by atoms with E-state index in [0.717, 1.165) is 16.3 Å². The third-order valence-corrected chi connectivity index (χ3v) is 5.03. The van der Waals surface area contributed by atoms with Gasteiger partial charge in [-0.1, -0.05) is 30.3 Å². The minimum atomic E-state index is -0.398. The molecule has 0 aliphatic heterocycles. The average molecular weight is 410 g/mol. The molecule has 8 heteroatoms. The molecule has 0 atom stereocenters. The topological polar surface area (TPSA) is 76.5 Å². The summed E-state index contributed by atoms with van der Waals surface area (Å²) in [5.74, 6) is -0.340. The molecule has 0 aliphatic rings. The Morgan fingerprint density at radius 3 is 2.52 bits per heavy atom. The van der Waals surface area contributed by atoms with E-state index in [0.29, 0.717) is 5.75 Å². The van der Waals surface area contributed by atoms with Crippen LogP contribution < -0.4 is 10.1 Å². The van der Waals surface area contributed by atoms with Gasteiger partial charge in [-0.05, 0) is 30.5 Å². The first-order valence-electron chi connectivity index (χ1n) is 8.91. The molecule has 1 N–H and O–H groups in total. The summed E-state index contributed by atoms with van der Waals surface area (Å²) in [5, 5.41) is 7.20. The number of likely N-dealkylation sites (N-methyl/N-ethyl adjacent to an activating group) is 1. The van der Waals surface area contributed by atoms with Gasteiger partial charge in [0.05, 0.1) is 31.2 Å². The molecule has 0 unspecified atom stereocenters. The number of rotatable bonds is 7. The van der Waals surface area contributed by atoms with Crippen LogP contribution in [-0.4, -0.2) is 53.5 Å². The first kappa shape index (κ1) is 20.5. The summed E-state index contributed by atoms with van der Waals surface area (Å²) >= 11 is 1.54. The molecule has 2 aromatic carbocycles. The van der Waals surface area contributed by atoms with Crippen LogP contribution in [0.3, 0.4) is 0 Å². The van der Waals surface area contributed by atoms with Crippen LogP contribution in [0.4, 0.5) is 5.69 Å². The van der Waals surface area contributed by atoms with Crippen molar-refractivity contribution in [2.45, 2.75) is 4.90 Å². The zero-order valence-electron chi connectivity index (χ0n) is 16.5. The van der Waals surface area contributed by atoms with Crippen LogP contribution in [0.5, 0.6) is 5.75 Å². The summed E-state index contributed by atoms with van der Waals surface area (Å²) in [6, 6.07) is 16.9. The minimum Gasteiger partial charge on any atom is -0.493 e. The zero-order valence-corrected chi connectivity index (χ0v) is 17.3. The molecule has 29 heavy (non-hydrogen) atoms. The number of para-hydroxylation sites is 2. The normalized spacial score (nSPS) is 10.4. The lowest BCUT2D eigenvalue weighted by Crippen LogP contribution is -2.35. The SMILES string of the molecule is COc1cn(-c2ccccc2)nc1C(=O)N(C)CC(=O)Nc1ccccc1SC. The lowest BCUT2D eigenvalue weighted by Gasteiger charge is -2.17. The number of methoxy groups -OCH3 is 1. The van der Waals surface area contributed by atoms with Crippen molar-refractivity contribution >= 4 is 29.3 Å². The van der Waals surface area contributed by atoms with Crippen molar-refractivity contribution in [3.63, 3.8) is 0 Å². The molecule has 0 saturated carbocycles. The maximum atomic E-state index is 12.9. The van der Waals surface area contributed by atoms with Crippen LogP contribution >= 0.6 is 11.8 Å². The number of benzene rings is 2. The molecule has 0 saturated heterocycles. The third-order valence-electron chi connectivity index (χ3n) is 4.23. The lowest BCUT2D eigenvalue weighted by atomic mass is 10.3. The van der Waals surface area contributed by atoms with Crippen molar-refractivity contribution in [1.82, 2.24) is 14.7 Å². The van der Waals surface area contributed by atoms with E-state index in [1.165, 1.54) is 12.0 Å². The fourth-order valence-corrected chi connectivity index (χ4v) is 3.33. The number of nitrogens with one attached hydrogen (secondary N) is 1. The molecule has 2 amide bonds. The van der Waals surface area contributed by atoms with Gasteiger partial charge in [-0.25, -0.2) is 4.68 Å². The zero-order chi connectivity index (χ0) is 20.8. The van der Waals surface area contributed by atoms with Gasteiger partial charge in [0.1, 0.15) is 0 Å². The van der Waals surface area contributed by atoms with Gasteiger partial charge in [-0.15, -0.1) is 11.8 Å². The van der Waals surface area contributed by atoms with E-state index in [2.05, 4.69) is 10.4 Å². The van der Waals surface area contributed by atoms with E-state index in [-0.39, 0.29) is 18.1 Å². The summed E-state index contributed by atoms with van der Waals surface area (Å²) in [7, 11) is 3.04. The van der Waals surface area contributed by atoms with Gasteiger partial charge in [0.2, 0.25) is 5.91 Å². The standard InChI is InChI=1S/C21H22N4O3S/c1-24(14-19(26)22-16-11-7-8-12-18(16)29-3)21(27)20-17(28-2)13-25(23-20)15-9-5-4-6-10-15/h4-13H,14H2,1-3H3,(H,22,26). The number of nitrogens with zero attached hydrogens (tertiary/aromatic N) is 3. The molecule has 0 fully saturated rings. The molecule has 1 heterocycles. The summed E-state index contributed by atoms with van der Waals surface area (Å²) in [4.78, 5) is 27.6. The summed E-state index contributed by atoms with van der Waals surface area (Å²) in [6.45, 7) is -0.108. The Hall–Kier alpha value is -3.26. The predicted molar refractivity (Wildman–Crippen MR) is 114 cm³/mol. The number of hydrogen-bond acceptors (Lipinski definition) is 5. The molecule has 3 rings (SSSR count). The molecule has 150 valence electrons. The predicted octanol–water partition coefficient (Wildman–Crippen LogP) is 3.31. The van der Waals surface area contributed by atoms with Crippen LogP contribution in [0.2, 0.25) is 0 Å². The fourth-order valence-electron chi connectivity index (χ4n) is 2.77. The monoisotopic (exact) mass is 410 g/mol. The molecule has 0 spiro atoms. The second kappa shape index (κ2) is 9.29. The van der Waals surface area contributed by atoms with Gasteiger partial charge in [0.25, 0.3) is 5.91 Å². The van der Waals surface area contributed by atoms with E-state index in [4.69, 9.17) is 4.74 Å². The maximum absolute atomic E-state index is 12.9. The Morgan fingerprint density at radius 1 is 1.14 bits per heavy atom. The molecular weight excluding hydrogens is 388 g/mol. The summed E-state index contributed by atoms with van der Waals surface area (Å²) < 4.78 is 6.89. The second-order valence-electron chi connectivity index (χ2n) is 6.24. The highest BCUT2D eigenvalue weighted by atomic mass is 32.2. The Balaban J connectivity index is 1.73. The molecule has 0 aliphatic carbocycles. The van der Waals surface area contributed by atoms with Crippen molar-refractivity contribution < 1.29 is 14.3 Å². The van der Waals surface area contributed by atoms with Gasteiger partial charge >= 0.3 is 0 Å². The number of carbonyl (C=O) groups is 2. The maximum Gasteiger partial charge on any atom is 0.278 e. The van der Waals surface area contributed by atoms with Crippen molar-refractivity contribution in [1.29, 1.82) is 0 Å². The summed E-state index contributed by atoms with van der Waals surface area (Å²) in [6.07, 6.45) is 3.58. The Labute approximate surface area is 173 Å². The Bertz CT molecular complexity index is 1000. The minimum absolute atomic E-state index is 0.108. The molecular formula is C21H22N4O3S. The van der Waals surface area contributed by atoms with Crippen molar-refractivity contribution in [3.8, 4) is 11.4 Å². The van der Waals surface area contributed by atoms with E-state index >= 15 is 0 Å². The smallest absolute Gasteiger partial charge is 0.278 e. The van der Waals surface area contributed by atoms with Crippen LogP contribution in [0.1, 0.15) is 10.5 Å². The molecule has 3 aromatic rings. The number of carbonyl (C=O) groups excluding carboxylic acids is 2. The number of thioether (sulfide) groups is 1. The fraction of sp³-hybridized carbons (Fsp3) is 0.190. The lowest BCUT2D eigenvalue weighted by molar-refractivity contribution is -0.116. The third kappa shape index (κ3) is 4.78.